The van der Waals surface area contributed by atoms with Gasteiger partial charge >= 0.3 is 5.97 Å². The minimum atomic E-state index is -1.50. The van der Waals surface area contributed by atoms with E-state index in [1.165, 1.54) is 13.2 Å². The van der Waals surface area contributed by atoms with Gasteiger partial charge in [-0.25, -0.2) is 9.00 Å². The minimum Gasteiger partial charge on any atom is -0.497 e. The van der Waals surface area contributed by atoms with Gasteiger partial charge in [0.2, 0.25) is 0 Å². The predicted octanol–water partition coefficient (Wildman–Crippen LogP) is 4.43. The Balaban J connectivity index is 1.71. The third-order valence-corrected chi connectivity index (χ3v) is 6.09. The summed E-state index contributed by atoms with van der Waals surface area (Å²) in [7, 11) is 1.38. The first-order valence-corrected chi connectivity index (χ1v) is 10.4. The summed E-state index contributed by atoms with van der Waals surface area (Å²) in [6.07, 6.45) is -0.739. The van der Waals surface area contributed by atoms with Gasteiger partial charge < -0.3 is 18.9 Å². The van der Waals surface area contributed by atoms with Crippen LogP contribution in [0.3, 0.4) is 0 Å². The number of esters is 1. The molecule has 1 heterocycles. The summed E-state index contributed by atoms with van der Waals surface area (Å²) in [4.78, 5) is 13.4. The van der Waals surface area contributed by atoms with Crippen molar-refractivity contribution in [2.75, 3.05) is 14.2 Å². The van der Waals surface area contributed by atoms with Crippen LogP contribution in [0, 0.1) is 6.92 Å². The van der Waals surface area contributed by atoms with Gasteiger partial charge in [-0.1, -0.05) is 17.7 Å². The predicted molar refractivity (Wildman–Crippen MR) is 111 cm³/mol. The first kappa shape index (κ1) is 20.0. The van der Waals surface area contributed by atoms with E-state index in [2.05, 4.69) is 0 Å². The van der Waals surface area contributed by atoms with Gasteiger partial charge in [0.05, 0.1) is 25.0 Å². The molecule has 154 valence electrons. The van der Waals surface area contributed by atoms with Crippen molar-refractivity contribution in [3.63, 3.8) is 0 Å². The molecule has 0 spiro atoms. The van der Waals surface area contributed by atoms with Gasteiger partial charge in [0.25, 0.3) is 6.29 Å². The van der Waals surface area contributed by atoms with E-state index in [1.54, 1.807) is 37.4 Å². The van der Waals surface area contributed by atoms with Crippen LogP contribution in [0.25, 0.3) is 0 Å². The molecule has 0 saturated heterocycles. The highest BCUT2D eigenvalue weighted by Gasteiger charge is 2.32. The SMILES string of the molecule is COC(=O)c1cc(S(=O)c2ccc(C)cc2)cc2c1OC(c1ccc(OC)cc1)O2. The fourth-order valence-electron chi connectivity index (χ4n) is 3.10. The first-order valence-electron chi connectivity index (χ1n) is 9.22. The highest BCUT2D eigenvalue weighted by molar-refractivity contribution is 7.85. The Bertz CT molecular complexity index is 1110. The first-order chi connectivity index (χ1) is 14.5. The lowest BCUT2D eigenvalue weighted by molar-refractivity contribution is 0.0459. The molecule has 4 rings (SSSR count). The fourth-order valence-corrected chi connectivity index (χ4v) is 4.19. The van der Waals surface area contributed by atoms with Crippen molar-refractivity contribution in [2.24, 2.45) is 0 Å². The number of aryl methyl sites for hydroxylation is 1. The van der Waals surface area contributed by atoms with Gasteiger partial charge in [0.15, 0.2) is 11.5 Å². The van der Waals surface area contributed by atoms with Crippen molar-refractivity contribution in [3.05, 3.63) is 77.4 Å². The monoisotopic (exact) mass is 424 g/mol. The summed E-state index contributed by atoms with van der Waals surface area (Å²) in [6.45, 7) is 1.96. The van der Waals surface area contributed by atoms with Crippen LogP contribution >= 0.6 is 0 Å². The highest BCUT2D eigenvalue weighted by Crippen LogP contribution is 2.45. The lowest BCUT2D eigenvalue weighted by atomic mass is 10.2. The molecule has 6 nitrogen and oxygen atoms in total. The Labute approximate surface area is 176 Å². The van der Waals surface area contributed by atoms with Gasteiger partial charge in [-0.3, -0.25) is 0 Å². The summed E-state index contributed by atoms with van der Waals surface area (Å²) < 4.78 is 35.0. The topological polar surface area (TPSA) is 71.1 Å². The van der Waals surface area contributed by atoms with Gasteiger partial charge in [0, 0.05) is 21.4 Å². The van der Waals surface area contributed by atoms with Crippen molar-refractivity contribution in [1.82, 2.24) is 0 Å². The molecule has 0 bridgehead atoms. The number of carbonyl (C=O) groups excluding carboxylic acids is 1. The second kappa shape index (κ2) is 8.20. The molecule has 1 aliphatic rings. The Morgan fingerprint density at radius 1 is 0.933 bits per heavy atom. The van der Waals surface area contributed by atoms with Crippen LogP contribution < -0.4 is 14.2 Å². The van der Waals surface area contributed by atoms with E-state index in [1.807, 2.05) is 31.2 Å². The van der Waals surface area contributed by atoms with Crippen LogP contribution in [0.5, 0.6) is 17.2 Å². The summed E-state index contributed by atoms with van der Waals surface area (Å²) in [5.41, 5.74) is 1.99. The molecule has 0 aromatic heterocycles. The molecule has 2 unspecified atom stereocenters. The zero-order chi connectivity index (χ0) is 21.3. The van der Waals surface area contributed by atoms with Crippen molar-refractivity contribution < 1.29 is 28.0 Å². The summed E-state index contributed by atoms with van der Waals surface area (Å²) in [5, 5.41) is 0. The second-order valence-electron chi connectivity index (χ2n) is 6.71. The standard InChI is InChI=1S/C23H20O6S/c1-14-4-10-17(11-5-14)30(25)18-12-19(22(24)27-3)21-20(13-18)28-23(29-21)15-6-8-16(26-2)9-7-15/h4-13,23H,1-3H3. The van der Waals surface area contributed by atoms with Crippen LogP contribution in [0.4, 0.5) is 0 Å². The number of carbonyl (C=O) groups is 1. The number of hydrogen-bond donors (Lipinski definition) is 0. The zero-order valence-corrected chi connectivity index (χ0v) is 17.5. The van der Waals surface area contributed by atoms with Crippen LogP contribution in [0.15, 0.2) is 70.5 Å². The second-order valence-corrected chi connectivity index (χ2v) is 8.19. The lowest BCUT2D eigenvalue weighted by Crippen LogP contribution is -2.09. The Hall–Kier alpha value is -3.32. The molecule has 30 heavy (non-hydrogen) atoms. The van der Waals surface area contributed by atoms with E-state index in [-0.39, 0.29) is 11.3 Å². The Kier molecular flexibility index (Phi) is 5.46. The van der Waals surface area contributed by atoms with Crippen LogP contribution in [-0.2, 0) is 15.5 Å². The normalized spacial score (nSPS) is 15.5. The van der Waals surface area contributed by atoms with E-state index >= 15 is 0 Å². The van der Waals surface area contributed by atoms with Crippen LogP contribution in [0.2, 0.25) is 0 Å². The Morgan fingerprint density at radius 2 is 1.63 bits per heavy atom. The molecule has 0 N–H and O–H groups in total. The summed E-state index contributed by atoms with van der Waals surface area (Å²) in [5.74, 6) is 0.731. The molecule has 0 aliphatic carbocycles. The number of fused-ring (bicyclic) bond motifs is 1. The number of rotatable bonds is 5. The summed E-state index contributed by atoms with van der Waals surface area (Å²) in [6, 6.07) is 17.8. The van der Waals surface area contributed by atoms with E-state index in [9.17, 15) is 9.00 Å². The van der Waals surface area contributed by atoms with Gasteiger partial charge in [-0.2, -0.15) is 0 Å². The highest BCUT2D eigenvalue weighted by atomic mass is 32.2. The average molecular weight is 424 g/mol. The van der Waals surface area contributed by atoms with E-state index in [0.717, 1.165) is 11.1 Å². The van der Waals surface area contributed by atoms with Crippen molar-refractivity contribution in [1.29, 1.82) is 0 Å². The molecular formula is C23H20O6S. The third kappa shape index (κ3) is 3.76. The molecule has 3 aromatic carbocycles. The van der Waals surface area contributed by atoms with Crippen molar-refractivity contribution in [2.45, 2.75) is 23.0 Å². The molecule has 0 radical (unpaired) electrons. The molecule has 0 saturated carbocycles. The smallest absolute Gasteiger partial charge is 0.341 e. The van der Waals surface area contributed by atoms with Crippen molar-refractivity contribution in [3.8, 4) is 17.2 Å². The minimum absolute atomic E-state index is 0.168. The van der Waals surface area contributed by atoms with E-state index in [4.69, 9.17) is 18.9 Å². The van der Waals surface area contributed by atoms with Crippen LogP contribution in [-0.4, -0.2) is 24.4 Å². The summed E-state index contributed by atoms with van der Waals surface area (Å²) >= 11 is 0. The van der Waals surface area contributed by atoms with Crippen molar-refractivity contribution >= 4 is 16.8 Å². The van der Waals surface area contributed by atoms with E-state index < -0.39 is 23.1 Å². The molecule has 2 atom stereocenters. The average Bonchev–Trinajstić information content (AvgIpc) is 3.22. The number of methoxy groups -OCH3 is 2. The molecule has 3 aromatic rings. The third-order valence-electron chi connectivity index (χ3n) is 4.73. The number of benzene rings is 3. The molecular weight excluding hydrogens is 404 g/mol. The van der Waals surface area contributed by atoms with Gasteiger partial charge in [-0.15, -0.1) is 0 Å². The van der Waals surface area contributed by atoms with E-state index in [0.29, 0.717) is 21.3 Å². The molecule has 1 aliphatic heterocycles. The molecule has 0 amide bonds. The lowest BCUT2D eigenvalue weighted by Gasteiger charge is -2.11. The quantitative estimate of drug-likeness (QED) is 0.565. The Morgan fingerprint density at radius 3 is 2.27 bits per heavy atom. The maximum Gasteiger partial charge on any atom is 0.341 e. The maximum atomic E-state index is 13.1. The zero-order valence-electron chi connectivity index (χ0n) is 16.7. The van der Waals surface area contributed by atoms with Gasteiger partial charge in [-0.05, 0) is 49.4 Å². The van der Waals surface area contributed by atoms with Crippen LogP contribution in [0.1, 0.15) is 27.8 Å². The molecule has 0 fully saturated rings. The number of hydrogen-bond acceptors (Lipinski definition) is 6. The largest absolute Gasteiger partial charge is 0.497 e. The van der Waals surface area contributed by atoms with Gasteiger partial charge in [0.1, 0.15) is 11.3 Å². The number of ether oxygens (including phenoxy) is 4. The molecule has 7 heteroatoms. The maximum absolute atomic E-state index is 13.1. The fraction of sp³-hybridized carbons (Fsp3) is 0.174.